The van der Waals surface area contributed by atoms with Gasteiger partial charge in [0.15, 0.2) is 0 Å². The van der Waals surface area contributed by atoms with E-state index < -0.39 is 23.8 Å². The van der Waals surface area contributed by atoms with E-state index in [4.69, 9.17) is 5.73 Å². The molecule has 1 saturated heterocycles. The van der Waals surface area contributed by atoms with Crippen LogP contribution in [-0.4, -0.2) is 32.2 Å². The molecule has 1 fully saturated rings. The number of hydrogen-bond acceptors (Lipinski definition) is 4. The lowest BCUT2D eigenvalue weighted by atomic mass is 10.0. The van der Waals surface area contributed by atoms with Gasteiger partial charge in [-0.15, -0.1) is 0 Å². The van der Waals surface area contributed by atoms with Gasteiger partial charge in [-0.2, -0.15) is 13.2 Å². The van der Waals surface area contributed by atoms with Crippen LogP contribution in [0.2, 0.25) is 0 Å². The van der Waals surface area contributed by atoms with E-state index >= 15 is 0 Å². The minimum absolute atomic E-state index is 0.00995. The third-order valence-electron chi connectivity index (χ3n) is 4.02. The summed E-state index contributed by atoms with van der Waals surface area (Å²) in [6.45, 7) is 1.26. The largest absolute Gasteiger partial charge is 0.468 e. The van der Waals surface area contributed by atoms with Gasteiger partial charge in [0.1, 0.15) is 6.04 Å². The predicted molar refractivity (Wildman–Crippen MR) is 81.2 cm³/mol. The van der Waals surface area contributed by atoms with Gasteiger partial charge in [0.05, 0.1) is 12.7 Å². The van der Waals surface area contributed by atoms with Crippen LogP contribution in [0, 0.1) is 0 Å². The summed E-state index contributed by atoms with van der Waals surface area (Å²) in [5, 5.41) is 0. The summed E-state index contributed by atoms with van der Waals surface area (Å²) in [5.41, 5.74) is 5.53. The number of nitrogens with two attached hydrogens (primary N) is 1. The number of methoxy groups -OCH3 is 1. The molecule has 1 aromatic carbocycles. The van der Waals surface area contributed by atoms with Gasteiger partial charge >= 0.3 is 12.1 Å². The molecule has 0 amide bonds. The number of alkyl halides is 3. The Labute approximate surface area is 133 Å². The third-order valence-corrected chi connectivity index (χ3v) is 4.02. The fourth-order valence-electron chi connectivity index (χ4n) is 2.84. The number of benzene rings is 1. The molecule has 0 aromatic heterocycles. The van der Waals surface area contributed by atoms with Crippen LogP contribution in [0.4, 0.5) is 18.9 Å². The van der Waals surface area contributed by atoms with Crippen molar-refractivity contribution in [2.45, 2.75) is 37.9 Å². The number of anilines is 1. The van der Waals surface area contributed by atoms with E-state index in [1.807, 2.05) is 0 Å². The van der Waals surface area contributed by atoms with Crippen molar-refractivity contribution in [3.63, 3.8) is 0 Å². The number of hydrogen-bond donors (Lipinski definition) is 1. The molecule has 7 heteroatoms. The fraction of sp³-hybridized carbons (Fsp3) is 0.562. The maximum absolute atomic E-state index is 13.4. The molecule has 1 unspecified atom stereocenters. The molecule has 1 aliphatic heterocycles. The van der Waals surface area contributed by atoms with Crippen LogP contribution >= 0.6 is 0 Å². The summed E-state index contributed by atoms with van der Waals surface area (Å²) in [7, 11) is 1.20. The highest BCUT2D eigenvalue weighted by Crippen LogP contribution is 2.38. The number of nitrogens with zero attached hydrogens (tertiary/aromatic N) is 1. The SMILES string of the molecule is COC(=O)C(N)Cc1ccc(N2CCCCC2)c(C(F)(F)F)c1. The number of halogens is 3. The van der Waals surface area contributed by atoms with Crippen LogP contribution in [0.3, 0.4) is 0 Å². The standard InChI is InChI=1S/C16H21F3N2O2/c1-23-15(22)13(20)10-11-5-6-14(12(9-11)16(17,18)19)21-7-3-2-4-8-21/h5-6,9,13H,2-4,7-8,10,20H2,1H3. The smallest absolute Gasteiger partial charge is 0.418 e. The van der Waals surface area contributed by atoms with Gasteiger partial charge in [0.2, 0.25) is 0 Å². The summed E-state index contributed by atoms with van der Waals surface area (Å²) < 4.78 is 44.7. The molecule has 0 radical (unpaired) electrons. The summed E-state index contributed by atoms with van der Waals surface area (Å²) in [6, 6.07) is 3.20. The number of piperidine rings is 1. The van der Waals surface area contributed by atoms with Crippen molar-refractivity contribution in [3.05, 3.63) is 29.3 Å². The van der Waals surface area contributed by atoms with E-state index in [0.29, 0.717) is 18.7 Å². The van der Waals surface area contributed by atoms with E-state index in [1.165, 1.54) is 13.2 Å². The predicted octanol–water partition coefficient (Wildman–Crippen LogP) is 2.74. The van der Waals surface area contributed by atoms with E-state index in [-0.39, 0.29) is 12.1 Å². The van der Waals surface area contributed by atoms with Gasteiger partial charge in [-0.05, 0) is 43.4 Å². The molecule has 4 nitrogen and oxygen atoms in total. The Morgan fingerprint density at radius 1 is 1.30 bits per heavy atom. The minimum Gasteiger partial charge on any atom is -0.468 e. The normalized spacial score (nSPS) is 17.0. The fourth-order valence-corrected chi connectivity index (χ4v) is 2.84. The molecule has 1 aliphatic rings. The summed E-state index contributed by atoms with van der Waals surface area (Å²) in [4.78, 5) is 13.1. The molecule has 128 valence electrons. The zero-order chi connectivity index (χ0) is 17.0. The maximum atomic E-state index is 13.4. The van der Waals surface area contributed by atoms with Crippen LogP contribution < -0.4 is 10.6 Å². The monoisotopic (exact) mass is 330 g/mol. The molecular formula is C16H21F3N2O2. The number of carbonyl (C=O) groups is 1. The van der Waals surface area contributed by atoms with Crippen LogP contribution in [0.5, 0.6) is 0 Å². The first-order valence-electron chi connectivity index (χ1n) is 7.61. The van der Waals surface area contributed by atoms with Gasteiger partial charge in [-0.1, -0.05) is 6.07 Å². The van der Waals surface area contributed by atoms with Crippen molar-refractivity contribution in [3.8, 4) is 0 Å². The minimum atomic E-state index is -4.45. The number of rotatable bonds is 4. The molecule has 0 aliphatic carbocycles. The Morgan fingerprint density at radius 2 is 1.96 bits per heavy atom. The Kier molecular flexibility index (Phi) is 5.51. The van der Waals surface area contributed by atoms with E-state index in [1.54, 1.807) is 11.0 Å². The summed E-state index contributed by atoms with van der Waals surface area (Å²) in [6.07, 6.45) is -1.60. The Morgan fingerprint density at radius 3 is 2.52 bits per heavy atom. The molecular weight excluding hydrogens is 309 g/mol. The van der Waals surface area contributed by atoms with Crippen LogP contribution in [-0.2, 0) is 22.1 Å². The lowest BCUT2D eigenvalue weighted by Gasteiger charge is -2.31. The first-order chi connectivity index (χ1) is 10.8. The lowest BCUT2D eigenvalue weighted by molar-refractivity contribution is -0.142. The summed E-state index contributed by atoms with van der Waals surface area (Å²) >= 11 is 0. The quantitative estimate of drug-likeness (QED) is 0.863. The molecule has 1 atom stereocenters. The van der Waals surface area contributed by atoms with E-state index in [0.717, 1.165) is 25.3 Å². The number of ether oxygens (including phenoxy) is 1. The van der Waals surface area contributed by atoms with Crippen molar-refractivity contribution in [1.29, 1.82) is 0 Å². The molecule has 1 heterocycles. The van der Waals surface area contributed by atoms with Gasteiger partial charge in [0, 0.05) is 18.8 Å². The Bertz CT molecular complexity index is 555. The highest BCUT2D eigenvalue weighted by molar-refractivity contribution is 5.75. The van der Waals surface area contributed by atoms with Gasteiger partial charge in [-0.3, -0.25) is 4.79 Å². The molecule has 2 N–H and O–H groups in total. The Hall–Kier alpha value is -1.76. The number of carbonyl (C=O) groups excluding carboxylic acids is 1. The zero-order valence-electron chi connectivity index (χ0n) is 13.0. The first kappa shape index (κ1) is 17.6. The average molecular weight is 330 g/mol. The van der Waals surface area contributed by atoms with Gasteiger partial charge in [0.25, 0.3) is 0 Å². The van der Waals surface area contributed by atoms with Crippen LogP contribution in [0.25, 0.3) is 0 Å². The average Bonchev–Trinajstić information content (AvgIpc) is 2.54. The highest BCUT2D eigenvalue weighted by atomic mass is 19.4. The number of esters is 1. The second kappa shape index (κ2) is 7.21. The Balaban J connectivity index is 2.29. The second-order valence-electron chi connectivity index (χ2n) is 5.73. The van der Waals surface area contributed by atoms with Gasteiger partial charge < -0.3 is 15.4 Å². The third kappa shape index (κ3) is 4.37. The van der Waals surface area contributed by atoms with Gasteiger partial charge in [-0.25, -0.2) is 0 Å². The van der Waals surface area contributed by atoms with E-state index in [2.05, 4.69) is 4.74 Å². The van der Waals surface area contributed by atoms with E-state index in [9.17, 15) is 18.0 Å². The molecule has 0 bridgehead atoms. The lowest BCUT2D eigenvalue weighted by Crippen LogP contribution is -2.34. The van der Waals surface area contributed by atoms with Crippen molar-refractivity contribution in [1.82, 2.24) is 0 Å². The molecule has 1 aromatic rings. The van der Waals surface area contributed by atoms with Crippen LogP contribution in [0.1, 0.15) is 30.4 Å². The molecule has 0 saturated carbocycles. The topological polar surface area (TPSA) is 55.6 Å². The zero-order valence-corrected chi connectivity index (χ0v) is 13.0. The molecule has 23 heavy (non-hydrogen) atoms. The molecule has 2 rings (SSSR count). The van der Waals surface area contributed by atoms with Crippen LogP contribution in [0.15, 0.2) is 18.2 Å². The maximum Gasteiger partial charge on any atom is 0.418 e. The van der Waals surface area contributed by atoms with Crippen molar-refractivity contribution < 1.29 is 22.7 Å². The van der Waals surface area contributed by atoms with Crippen molar-refractivity contribution in [2.24, 2.45) is 5.73 Å². The second-order valence-corrected chi connectivity index (χ2v) is 5.73. The van der Waals surface area contributed by atoms with Crippen molar-refractivity contribution >= 4 is 11.7 Å². The first-order valence-corrected chi connectivity index (χ1v) is 7.61. The highest BCUT2D eigenvalue weighted by Gasteiger charge is 2.35. The summed E-state index contributed by atoms with van der Waals surface area (Å²) in [5.74, 6) is -0.640. The van der Waals surface area contributed by atoms with Crippen molar-refractivity contribution in [2.75, 3.05) is 25.1 Å². The molecule has 0 spiro atoms.